The van der Waals surface area contributed by atoms with Crippen LogP contribution in [0.15, 0.2) is 109 Å². The van der Waals surface area contributed by atoms with Crippen LogP contribution in [0.25, 0.3) is 0 Å². The van der Waals surface area contributed by atoms with Gasteiger partial charge < -0.3 is 14.2 Å². The fourth-order valence-electron chi connectivity index (χ4n) is 6.00. The molecular formula is C54H86O6. The van der Waals surface area contributed by atoms with E-state index < -0.39 is 12.1 Å². The van der Waals surface area contributed by atoms with Crippen molar-refractivity contribution in [3.05, 3.63) is 109 Å². The van der Waals surface area contributed by atoms with Crippen molar-refractivity contribution in [1.82, 2.24) is 0 Å². The number of ether oxygens (including phenoxy) is 3. The minimum atomic E-state index is -0.839. The first kappa shape index (κ1) is 56.1. The number of hydrogen-bond donors (Lipinski definition) is 0. The third kappa shape index (κ3) is 45.2. The number of carbonyl (C=O) groups excluding carboxylic acids is 3. The molecule has 0 N–H and O–H groups in total. The minimum absolute atomic E-state index is 0.131. The van der Waals surface area contributed by atoms with Gasteiger partial charge in [0.1, 0.15) is 13.2 Å². The first-order chi connectivity index (χ1) is 29.5. The van der Waals surface area contributed by atoms with Crippen LogP contribution in [0.1, 0.15) is 194 Å². The van der Waals surface area contributed by atoms with Crippen molar-refractivity contribution < 1.29 is 28.6 Å². The van der Waals surface area contributed by atoms with Crippen LogP contribution in [0.5, 0.6) is 0 Å². The van der Waals surface area contributed by atoms with Crippen molar-refractivity contribution in [2.24, 2.45) is 0 Å². The molecule has 6 nitrogen and oxygen atoms in total. The highest BCUT2D eigenvalue weighted by Gasteiger charge is 2.19. The van der Waals surface area contributed by atoms with E-state index in [0.29, 0.717) is 19.3 Å². The lowest BCUT2D eigenvalue weighted by Gasteiger charge is -2.18. The predicted octanol–water partition coefficient (Wildman–Crippen LogP) is 15.6. The summed E-state index contributed by atoms with van der Waals surface area (Å²) >= 11 is 0. The smallest absolute Gasteiger partial charge is 0.306 e. The average molecular weight is 831 g/mol. The van der Waals surface area contributed by atoms with E-state index in [-0.39, 0.29) is 38.0 Å². The summed E-state index contributed by atoms with van der Waals surface area (Å²) in [6.07, 6.45) is 63.7. The molecule has 338 valence electrons. The van der Waals surface area contributed by atoms with E-state index in [2.05, 4.69) is 124 Å². The van der Waals surface area contributed by atoms with Gasteiger partial charge in [-0.3, -0.25) is 14.4 Å². The van der Waals surface area contributed by atoms with E-state index in [4.69, 9.17) is 14.2 Å². The van der Waals surface area contributed by atoms with Gasteiger partial charge in [-0.25, -0.2) is 0 Å². The molecule has 0 aliphatic carbocycles. The van der Waals surface area contributed by atoms with Crippen molar-refractivity contribution >= 4 is 17.9 Å². The number of unbranched alkanes of at least 4 members (excludes halogenated alkanes) is 15. The lowest BCUT2D eigenvalue weighted by molar-refractivity contribution is -0.166. The molecule has 0 aliphatic rings. The van der Waals surface area contributed by atoms with Crippen LogP contribution in [-0.4, -0.2) is 37.2 Å². The maximum Gasteiger partial charge on any atom is 0.306 e. The Morgan fingerprint density at radius 2 is 0.767 bits per heavy atom. The van der Waals surface area contributed by atoms with Gasteiger partial charge in [0.2, 0.25) is 0 Å². The lowest BCUT2D eigenvalue weighted by atomic mass is 10.1. The van der Waals surface area contributed by atoms with Crippen molar-refractivity contribution in [3.63, 3.8) is 0 Å². The van der Waals surface area contributed by atoms with E-state index in [0.717, 1.165) is 83.5 Å². The third-order valence-electron chi connectivity index (χ3n) is 9.59. The number of hydrogen-bond acceptors (Lipinski definition) is 6. The highest BCUT2D eigenvalue weighted by Crippen LogP contribution is 2.11. The number of allylic oxidation sites excluding steroid dienone is 18. The summed E-state index contributed by atoms with van der Waals surface area (Å²) in [5.41, 5.74) is 0. The number of rotatable bonds is 41. The molecule has 0 radical (unpaired) electrons. The second-order valence-electron chi connectivity index (χ2n) is 15.4. The molecular weight excluding hydrogens is 745 g/mol. The van der Waals surface area contributed by atoms with Crippen LogP contribution in [0.3, 0.4) is 0 Å². The maximum absolute atomic E-state index is 12.7. The molecule has 0 aromatic carbocycles. The van der Waals surface area contributed by atoms with Crippen LogP contribution in [-0.2, 0) is 28.6 Å². The monoisotopic (exact) mass is 831 g/mol. The highest BCUT2D eigenvalue weighted by molar-refractivity contribution is 5.71. The van der Waals surface area contributed by atoms with Crippen LogP contribution >= 0.6 is 0 Å². The Morgan fingerprint density at radius 3 is 1.33 bits per heavy atom. The molecule has 0 aromatic heterocycles. The molecule has 60 heavy (non-hydrogen) atoms. The second-order valence-corrected chi connectivity index (χ2v) is 15.4. The Balaban J connectivity index is 4.55. The van der Waals surface area contributed by atoms with Gasteiger partial charge in [0, 0.05) is 19.3 Å². The van der Waals surface area contributed by atoms with Gasteiger partial charge in [0.15, 0.2) is 6.10 Å². The summed E-state index contributed by atoms with van der Waals surface area (Å²) in [6.45, 7) is 6.32. The van der Waals surface area contributed by atoms with Crippen LogP contribution < -0.4 is 0 Å². The zero-order valence-corrected chi connectivity index (χ0v) is 38.4. The summed E-state index contributed by atoms with van der Waals surface area (Å²) in [4.78, 5) is 37.8. The fourth-order valence-corrected chi connectivity index (χ4v) is 6.00. The van der Waals surface area contributed by atoms with Crippen LogP contribution in [0.2, 0.25) is 0 Å². The molecule has 0 saturated heterocycles. The van der Waals surface area contributed by atoms with Gasteiger partial charge in [-0.15, -0.1) is 0 Å². The summed E-state index contributed by atoms with van der Waals surface area (Å²) < 4.78 is 16.6. The molecule has 0 amide bonds. The molecule has 0 aliphatic heterocycles. The third-order valence-corrected chi connectivity index (χ3v) is 9.59. The van der Waals surface area contributed by atoms with E-state index in [9.17, 15) is 14.4 Å². The van der Waals surface area contributed by atoms with Gasteiger partial charge in [0.25, 0.3) is 0 Å². The fraction of sp³-hybridized carbons (Fsp3) is 0.611. The first-order valence-corrected chi connectivity index (χ1v) is 23.9. The molecule has 0 rings (SSSR count). The van der Waals surface area contributed by atoms with Gasteiger partial charge in [0.05, 0.1) is 0 Å². The maximum atomic E-state index is 12.7. The number of esters is 3. The van der Waals surface area contributed by atoms with Crippen LogP contribution in [0.4, 0.5) is 0 Å². The zero-order valence-electron chi connectivity index (χ0n) is 38.4. The van der Waals surface area contributed by atoms with E-state index in [1.807, 2.05) is 6.08 Å². The summed E-state index contributed by atoms with van der Waals surface area (Å²) in [7, 11) is 0. The normalized spacial score (nSPS) is 13.1. The summed E-state index contributed by atoms with van der Waals surface area (Å²) in [5.74, 6) is -1.09. The number of carbonyl (C=O) groups is 3. The molecule has 0 aromatic rings. The van der Waals surface area contributed by atoms with Crippen molar-refractivity contribution in [3.8, 4) is 0 Å². The Kier molecular flexibility index (Phi) is 44.6. The molecule has 1 unspecified atom stereocenters. The van der Waals surface area contributed by atoms with Crippen molar-refractivity contribution in [1.29, 1.82) is 0 Å². The Bertz CT molecular complexity index is 1280. The highest BCUT2D eigenvalue weighted by atomic mass is 16.6. The molecule has 0 spiro atoms. The standard InChI is InChI=1S/C54H86O6/c1-4-7-10-13-16-19-22-24-25-26-27-28-30-32-35-38-41-44-47-53(56)59-50-51(49-58-52(55)46-43-40-37-34-31-21-18-15-12-9-6-3)60-54(57)48-45-42-39-36-33-29-23-20-17-14-11-8-5-2/h9,12,16,18-19,21-22,24-29,33-34,37,39,42,51H,4-8,10-11,13-15,17,20,23,30-32,35-36,38,40-41,43-50H2,1-3H3/b12-9-,19-16-,21-18-,24-22-,26-25-,28-27-,33-29-,37-34-,42-39-. The van der Waals surface area contributed by atoms with Gasteiger partial charge in [-0.2, -0.15) is 0 Å². The van der Waals surface area contributed by atoms with Crippen molar-refractivity contribution in [2.45, 2.75) is 200 Å². The molecule has 0 bridgehead atoms. The Labute approximate surface area is 368 Å². The first-order valence-electron chi connectivity index (χ1n) is 23.9. The molecule has 6 heteroatoms. The Hall–Kier alpha value is -3.93. The van der Waals surface area contributed by atoms with E-state index >= 15 is 0 Å². The molecule has 0 fully saturated rings. The minimum Gasteiger partial charge on any atom is -0.462 e. The quantitative estimate of drug-likeness (QED) is 0.0201. The second kappa shape index (κ2) is 47.7. The van der Waals surface area contributed by atoms with Crippen LogP contribution in [0, 0.1) is 0 Å². The van der Waals surface area contributed by atoms with Gasteiger partial charge >= 0.3 is 17.9 Å². The van der Waals surface area contributed by atoms with Gasteiger partial charge in [-0.1, -0.05) is 194 Å². The summed E-state index contributed by atoms with van der Waals surface area (Å²) in [6, 6.07) is 0. The lowest BCUT2D eigenvalue weighted by Crippen LogP contribution is -2.30. The topological polar surface area (TPSA) is 78.9 Å². The average Bonchev–Trinajstić information content (AvgIpc) is 3.24. The largest absolute Gasteiger partial charge is 0.462 e. The van der Waals surface area contributed by atoms with Crippen molar-refractivity contribution in [2.75, 3.05) is 13.2 Å². The van der Waals surface area contributed by atoms with Gasteiger partial charge in [-0.05, 0) is 89.9 Å². The predicted molar refractivity (Wildman–Crippen MR) is 256 cm³/mol. The molecule has 0 saturated carbocycles. The SMILES string of the molecule is CC/C=C\C/C=C\C/C=C\CCCC(=O)OCC(COC(=O)CCCCCCC\C=C/C=C\C=C/C=C\CCCCC)OC(=O)CC/C=C\C/C=C\CCCCCCCC. The molecule has 1 atom stereocenters. The Morgan fingerprint density at radius 1 is 0.367 bits per heavy atom. The summed E-state index contributed by atoms with van der Waals surface area (Å²) in [5, 5.41) is 0. The van der Waals surface area contributed by atoms with E-state index in [1.165, 1.54) is 57.8 Å². The van der Waals surface area contributed by atoms with E-state index in [1.54, 1.807) is 0 Å². The zero-order chi connectivity index (χ0) is 43.7. The molecule has 0 heterocycles.